The molecule has 0 radical (unpaired) electrons. The summed E-state index contributed by atoms with van der Waals surface area (Å²) in [5, 5.41) is 7.17. The maximum atomic E-state index is 4.46. The van der Waals surface area contributed by atoms with E-state index in [0.29, 0.717) is 6.04 Å². The maximum absolute atomic E-state index is 4.46. The van der Waals surface area contributed by atoms with Crippen molar-refractivity contribution in [3.63, 3.8) is 0 Å². The third-order valence-electron chi connectivity index (χ3n) is 7.33. The minimum absolute atomic E-state index is 0.516. The molecule has 2 heterocycles. The van der Waals surface area contributed by atoms with E-state index in [2.05, 4.69) is 61.6 Å². The minimum atomic E-state index is 0.516. The fourth-order valence-electron chi connectivity index (χ4n) is 5.36. The fourth-order valence-corrected chi connectivity index (χ4v) is 5.36. The molecule has 1 unspecified atom stereocenters. The van der Waals surface area contributed by atoms with Crippen LogP contribution in [0.1, 0.15) is 49.7 Å². The lowest BCUT2D eigenvalue weighted by Crippen LogP contribution is -2.45. The van der Waals surface area contributed by atoms with E-state index in [-0.39, 0.29) is 0 Å². The van der Waals surface area contributed by atoms with E-state index in [1.807, 2.05) is 7.05 Å². The van der Waals surface area contributed by atoms with Crippen LogP contribution in [-0.4, -0.2) is 86.1 Å². The first-order valence-electron chi connectivity index (χ1n) is 12.4. The van der Waals surface area contributed by atoms with Crippen molar-refractivity contribution in [3.05, 3.63) is 35.4 Å². The zero-order valence-electron chi connectivity index (χ0n) is 19.7. The molecule has 1 atom stereocenters. The van der Waals surface area contributed by atoms with Crippen molar-refractivity contribution in [2.75, 3.05) is 53.4 Å². The molecule has 0 amide bonds. The number of benzene rings is 1. The third-order valence-corrected chi connectivity index (χ3v) is 7.33. The number of nitrogens with zero attached hydrogens (tertiary/aromatic N) is 4. The van der Waals surface area contributed by atoms with Crippen molar-refractivity contribution < 1.29 is 0 Å². The van der Waals surface area contributed by atoms with Gasteiger partial charge in [0.25, 0.3) is 0 Å². The van der Waals surface area contributed by atoms with Crippen LogP contribution in [0.4, 0.5) is 0 Å². The Hall–Kier alpha value is -1.63. The second kappa shape index (κ2) is 11.3. The third kappa shape index (κ3) is 6.67. The monoisotopic (exact) mass is 426 g/mol. The summed E-state index contributed by atoms with van der Waals surface area (Å²) in [6, 6.07) is 10.4. The van der Waals surface area contributed by atoms with Crippen LogP contribution < -0.4 is 10.6 Å². The largest absolute Gasteiger partial charge is 0.352 e. The highest BCUT2D eigenvalue weighted by Gasteiger charge is 2.30. The van der Waals surface area contributed by atoms with Gasteiger partial charge in [-0.25, -0.2) is 0 Å². The van der Waals surface area contributed by atoms with Crippen molar-refractivity contribution in [1.29, 1.82) is 0 Å². The number of hydrogen-bond donors (Lipinski definition) is 2. The summed E-state index contributed by atoms with van der Waals surface area (Å²) in [7, 11) is 4.10. The Morgan fingerprint density at radius 3 is 2.48 bits per heavy atom. The highest BCUT2D eigenvalue weighted by Crippen LogP contribution is 2.26. The predicted molar refractivity (Wildman–Crippen MR) is 129 cm³/mol. The average Bonchev–Trinajstić information content (AvgIpc) is 3.44. The first kappa shape index (κ1) is 22.6. The Kier molecular flexibility index (Phi) is 8.22. The van der Waals surface area contributed by atoms with Crippen molar-refractivity contribution in [2.24, 2.45) is 4.99 Å². The number of nitrogens with one attached hydrogen (secondary N) is 2. The molecule has 1 aliphatic carbocycles. The van der Waals surface area contributed by atoms with Gasteiger partial charge in [0.15, 0.2) is 5.96 Å². The summed E-state index contributed by atoms with van der Waals surface area (Å²) in [6.07, 6.45) is 8.10. The van der Waals surface area contributed by atoms with Crippen LogP contribution >= 0.6 is 0 Å². The van der Waals surface area contributed by atoms with Gasteiger partial charge in [-0.1, -0.05) is 37.1 Å². The highest BCUT2D eigenvalue weighted by molar-refractivity contribution is 5.80. The standard InChI is InChI=1S/C25H42N6/c1-26-25(28-23-12-15-31(20-23)24-6-3-4-7-24)27-18-21-8-10-22(11-9-21)19-30-14-5-13-29(2)16-17-30/h8-11,23-24H,3-7,12-20H2,1-2H3,(H2,26,27,28). The quantitative estimate of drug-likeness (QED) is 0.541. The van der Waals surface area contributed by atoms with E-state index in [9.17, 15) is 0 Å². The Bertz CT molecular complexity index is 696. The van der Waals surface area contributed by atoms with Gasteiger partial charge in [-0.15, -0.1) is 0 Å². The van der Waals surface area contributed by atoms with Crippen LogP contribution in [-0.2, 0) is 13.1 Å². The van der Waals surface area contributed by atoms with E-state index in [4.69, 9.17) is 0 Å². The molecule has 1 aromatic carbocycles. The Morgan fingerprint density at radius 1 is 0.935 bits per heavy atom. The van der Waals surface area contributed by atoms with E-state index < -0.39 is 0 Å². The van der Waals surface area contributed by atoms with Gasteiger partial charge in [-0.05, 0) is 56.9 Å². The number of likely N-dealkylation sites (N-methyl/N-ethyl adjacent to an activating group) is 1. The lowest BCUT2D eigenvalue weighted by molar-refractivity contribution is 0.242. The molecule has 172 valence electrons. The van der Waals surface area contributed by atoms with E-state index >= 15 is 0 Å². The molecule has 2 aliphatic heterocycles. The lowest BCUT2D eigenvalue weighted by Gasteiger charge is -2.24. The van der Waals surface area contributed by atoms with Crippen molar-refractivity contribution >= 4 is 5.96 Å². The van der Waals surface area contributed by atoms with E-state index in [1.165, 1.54) is 82.4 Å². The van der Waals surface area contributed by atoms with Gasteiger partial charge in [0.2, 0.25) is 0 Å². The Labute approximate surface area is 189 Å². The normalized spacial score (nSPS) is 25.1. The number of hydrogen-bond acceptors (Lipinski definition) is 4. The van der Waals surface area contributed by atoms with Gasteiger partial charge in [0.1, 0.15) is 0 Å². The SMILES string of the molecule is CN=C(NCc1ccc(CN2CCCN(C)CC2)cc1)NC1CCN(C2CCCC2)C1. The van der Waals surface area contributed by atoms with Gasteiger partial charge >= 0.3 is 0 Å². The second-order valence-corrected chi connectivity index (χ2v) is 9.74. The summed E-state index contributed by atoms with van der Waals surface area (Å²) in [4.78, 5) is 12.2. The zero-order valence-corrected chi connectivity index (χ0v) is 19.7. The van der Waals surface area contributed by atoms with Crippen LogP contribution in [0, 0.1) is 0 Å². The molecule has 4 rings (SSSR count). The molecule has 3 aliphatic rings. The van der Waals surface area contributed by atoms with Gasteiger partial charge in [-0.3, -0.25) is 14.8 Å². The van der Waals surface area contributed by atoms with E-state index in [1.54, 1.807) is 0 Å². The highest BCUT2D eigenvalue weighted by atomic mass is 15.3. The molecule has 31 heavy (non-hydrogen) atoms. The van der Waals surface area contributed by atoms with Crippen molar-refractivity contribution in [1.82, 2.24) is 25.3 Å². The van der Waals surface area contributed by atoms with Crippen LogP contribution in [0.2, 0.25) is 0 Å². The molecule has 1 aromatic rings. The van der Waals surface area contributed by atoms with Crippen molar-refractivity contribution in [3.8, 4) is 0 Å². The summed E-state index contributed by atoms with van der Waals surface area (Å²) in [5.74, 6) is 0.927. The van der Waals surface area contributed by atoms with Gasteiger partial charge < -0.3 is 15.5 Å². The molecule has 0 bridgehead atoms. The smallest absolute Gasteiger partial charge is 0.191 e. The zero-order chi connectivity index (χ0) is 21.5. The van der Waals surface area contributed by atoms with Gasteiger partial charge in [-0.2, -0.15) is 0 Å². The first-order valence-corrected chi connectivity index (χ1v) is 12.4. The maximum Gasteiger partial charge on any atom is 0.191 e. The van der Waals surface area contributed by atoms with Crippen molar-refractivity contribution in [2.45, 2.75) is 63.7 Å². The summed E-state index contributed by atoms with van der Waals surface area (Å²) >= 11 is 0. The van der Waals surface area contributed by atoms with E-state index in [0.717, 1.165) is 31.6 Å². The molecule has 3 fully saturated rings. The Balaban J connectivity index is 1.20. The van der Waals surface area contributed by atoms with Gasteiger partial charge in [0, 0.05) is 58.4 Å². The summed E-state index contributed by atoms with van der Waals surface area (Å²) < 4.78 is 0. The molecule has 6 nitrogen and oxygen atoms in total. The number of aliphatic imine (C=N–C) groups is 1. The van der Waals surface area contributed by atoms with Crippen LogP contribution in [0.15, 0.2) is 29.3 Å². The number of rotatable bonds is 6. The summed E-state index contributed by atoms with van der Waals surface area (Å²) in [5.41, 5.74) is 2.72. The number of likely N-dealkylation sites (tertiary alicyclic amines) is 1. The minimum Gasteiger partial charge on any atom is -0.352 e. The molecule has 6 heteroatoms. The summed E-state index contributed by atoms with van der Waals surface area (Å²) in [6.45, 7) is 9.03. The molecule has 2 saturated heterocycles. The second-order valence-electron chi connectivity index (χ2n) is 9.74. The van der Waals surface area contributed by atoms with Gasteiger partial charge in [0.05, 0.1) is 0 Å². The molecular weight excluding hydrogens is 384 g/mol. The van der Waals surface area contributed by atoms with Crippen LogP contribution in [0.3, 0.4) is 0 Å². The average molecular weight is 427 g/mol. The molecular formula is C25H42N6. The molecule has 1 saturated carbocycles. The predicted octanol–water partition coefficient (Wildman–Crippen LogP) is 2.51. The lowest BCUT2D eigenvalue weighted by atomic mass is 10.1. The van der Waals surface area contributed by atoms with Crippen LogP contribution in [0.5, 0.6) is 0 Å². The fraction of sp³-hybridized carbons (Fsp3) is 0.720. The topological polar surface area (TPSA) is 46.1 Å². The Morgan fingerprint density at radius 2 is 1.71 bits per heavy atom. The number of guanidine groups is 1. The van der Waals surface area contributed by atoms with Crippen LogP contribution in [0.25, 0.3) is 0 Å². The molecule has 0 aromatic heterocycles. The molecule has 0 spiro atoms. The first-order chi connectivity index (χ1) is 15.2. The molecule has 2 N–H and O–H groups in total.